The number of nitro groups is 1. The van der Waals surface area contributed by atoms with Crippen molar-refractivity contribution >= 4 is 11.8 Å². The Bertz CT molecular complexity index is 360. The maximum atomic E-state index is 10.7. The van der Waals surface area contributed by atoms with Gasteiger partial charge in [-0.15, -0.1) is 0 Å². The molecular weight excluding hydrogens is 182 g/mol. The molecule has 0 aromatic heterocycles. The van der Waals surface area contributed by atoms with Crippen LogP contribution in [0.1, 0.15) is 12.5 Å². The van der Waals surface area contributed by atoms with E-state index in [4.69, 9.17) is 4.74 Å². The lowest BCUT2D eigenvalue weighted by Crippen LogP contribution is -1.99. The molecule has 1 aromatic rings. The molecule has 0 aliphatic heterocycles. The SMILES string of the molecule is C=Cc1cccc([N+](=O)[O-])c1OCC. The molecule has 0 aliphatic rings. The lowest BCUT2D eigenvalue weighted by atomic mass is 10.1. The van der Waals surface area contributed by atoms with E-state index in [1.807, 2.05) is 0 Å². The van der Waals surface area contributed by atoms with Crippen molar-refractivity contribution in [2.75, 3.05) is 6.61 Å². The number of rotatable bonds is 4. The molecule has 4 heteroatoms. The highest BCUT2D eigenvalue weighted by Crippen LogP contribution is 2.31. The van der Waals surface area contributed by atoms with E-state index in [1.54, 1.807) is 19.1 Å². The topological polar surface area (TPSA) is 52.4 Å². The van der Waals surface area contributed by atoms with Gasteiger partial charge in [0.2, 0.25) is 5.75 Å². The zero-order chi connectivity index (χ0) is 10.6. The molecule has 0 spiro atoms. The zero-order valence-electron chi connectivity index (χ0n) is 7.90. The first-order valence-electron chi connectivity index (χ1n) is 4.23. The minimum Gasteiger partial charge on any atom is -0.487 e. The fourth-order valence-corrected chi connectivity index (χ4v) is 1.15. The van der Waals surface area contributed by atoms with Crippen LogP contribution in [-0.4, -0.2) is 11.5 Å². The molecule has 0 fully saturated rings. The molecule has 1 aromatic carbocycles. The van der Waals surface area contributed by atoms with Crippen LogP contribution in [0.5, 0.6) is 5.75 Å². The fourth-order valence-electron chi connectivity index (χ4n) is 1.15. The van der Waals surface area contributed by atoms with Gasteiger partial charge in [-0.25, -0.2) is 0 Å². The maximum absolute atomic E-state index is 10.7. The van der Waals surface area contributed by atoms with Crippen molar-refractivity contribution < 1.29 is 9.66 Å². The maximum Gasteiger partial charge on any atom is 0.311 e. The standard InChI is InChI=1S/C10H11NO3/c1-3-8-6-5-7-9(11(12)13)10(8)14-4-2/h3,5-7H,1,4H2,2H3. The number of nitro benzene ring substituents is 1. The monoisotopic (exact) mass is 193 g/mol. The Labute approximate surface area is 82.0 Å². The summed E-state index contributed by atoms with van der Waals surface area (Å²) >= 11 is 0. The van der Waals surface area contributed by atoms with E-state index in [0.29, 0.717) is 12.2 Å². The molecular formula is C10H11NO3. The zero-order valence-corrected chi connectivity index (χ0v) is 7.90. The highest BCUT2D eigenvalue weighted by Gasteiger charge is 2.16. The molecule has 74 valence electrons. The van der Waals surface area contributed by atoms with Gasteiger partial charge >= 0.3 is 5.69 Å². The van der Waals surface area contributed by atoms with Crippen LogP contribution in [0.15, 0.2) is 24.8 Å². The third-order valence-corrected chi connectivity index (χ3v) is 1.73. The minimum atomic E-state index is -0.460. The Morgan fingerprint density at radius 2 is 2.36 bits per heavy atom. The first kappa shape index (κ1) is 10.2. The fraction of sp³-hybridized carbons (Fsp3) is 0.200. The average molecular weight is 193 g/mol. The summed E-state index contributed by atoms with van der Waals surface area (Å²) < 4.78 is 5.21. The lowest BCUT2D eigenvalue weighted by molar-refractivity contribution is -0.385. The Kier molecular flexibility index (Phi) is 3.23. The van der Waals surface area contributed by atoms with Crippen molar-refractivity contribution in [2.24, 2.45) is 0 Å². The molecule has 0 bridgehead atoms. The highest BCUT2D eigenvalue weighted by atomic mass is 16.6. The molecule has 4 nitrogen and oxygen atoms in total. The molecule has 0 saturated carbocycles. The molecule has 0 saturated heterocycles. The molecule has 0 N–H and O–H groups in total. The number of para-hydroxylation sites is 1. The molecule has 0 radical (unpaired) electrons. The van der Waals surface area contributed by atoms with Crippen LogP contribution in [0.3, 0.4) is 0 Å². The Balaban J connectivity index is 3.27. The molecule has 0 unspecified atom stereocenters. The van der Waals surface area contributed by atoms with Crippen LogP contribution in [0.4, 0.5) is 5.69 Å². The summed E-state index contributed by atoms with van der Waals surface area (Å²) in [5.74, 6) is 0.287. The normalized spacial score (nSPS) is 9.50. The van der Waals surface area contributed by atoms with Gasteiger partial charge in [0.25, 0.3) is 0 Å². The third-order valence-electron chi connectivity index (χ3n) is 1.73. The predicted molar refractivity (Wildman–Crippen MR) is 54.4 cm³/mol. The molecule has 0 atom stereocenters. The van der Waals surface area contributed by atoms with E-state index in [-0.39, 0.29) is 11.4 Å². The number of hydrogen-bond donors (Lipinski definition) is 0. The van der Waals surface area contributed by atoms with Crippen molar-refractivity contribution in [2.45, 2.75) is 6.92 Å². The molecule has 0 aliphatic carbocycles. The Morgan fingerprint density at radius 1 is 1.64 bits per heavy atom. The lowest BCUT2D eigenvalue weighted by Gasteiger charge is -2.06. The van der Waals surface area contributed by atoms with Crippen LogP contribution >= 0.6 is 0 Å². The predicted octanol–water partition coefficient (Wildman–Crippen LogP) is 2.64. The Morgan fingerprint density at radius 3 is 2.86 bits per heavy atom. The van der Waals surface area contributed by atoms with Crippen LogP contribution in [0.25, 0.3) is 6.08 Å². The smallest absolute Gasteiger partial charge is 0.311 e. The van der Waals surface area contributed by atoms with Crippen molar-refractivity contribution in [3.63, 3.8) is 0 Å². The van der Waals surface area contributed by atoms with E-state index in [2.05, 4.69) is 6.58 Å². The van der Waals surface area contributed by atoms with Crippen molar-refractivity contribution in [1.29, 1.82) is 0 Å². The third kappa shape index (κ3) is 1.90. The minimum absolute atomic E-state index is 0.0238. The van der Waals surface area contributed by atoms with Gasteiger partial charge in [0.05, 0.1) is 11.5 Å². The quantitative estimate of drug-likeness (QED) is 0.545. The molecule has 1 rings (SSSR count). The van der Waals surface area contributed by atoms with Gasteiger partial charge < -0.3 is 4.74 Å². The van der Waals surface area contributed by atoms with Crippen LogP contribution in [-0.2, 0) is 0 Å². The van der Waals surface area contributed by atoms with Crippen molar-refractivity contribution in [1.82, 2.24) is 0 Å². The average Bonchev–Trinajstić information content (AvgIpc) is 2.18. The van der Waals surface area contributed by atoms with E-state index in [1.165, 1.54) is 12.1 Å². The largest absolute Gasteiger partial charge is 0.487 e. The first-order valence-corrected chi connectivity index (χ1v) is 4.23. The van der Waals surface area contributed by atoms with E-state index >= 15 is 0 Å². The second-order valence-corrected chi connectivity index (χ2v) is 2.59. The summed E-state index contributed by atoms with van der Waals surface area (Å²) in [5.41, 5.74) is 0.616. The number of nitrogens with zero attached hydrogens (tertiary/aromatic N) is 1. The van der Waals surface area contributed by atoms with Gasteiger partial charge in [0.1, 0.15) is 0 Å². The van der Waals surface area contributed by atoms with Gasteiger partial charge in [-0.1, -0.05) is 24.8 Å². The van der Waals surface area contributed by atoms with Crippen LogP contribution < -0.4 is 4.74 Å². The molecule has 14 heavy (non-hydrogen) atoms. The molecule has 0 heterocycles. The van der Waals surface area contributed by atoms with Crippen LogP contribution in [0, 0.1) is 10.1 Å². The van der Waals surface area contributed by atoms with Crippen molar-refractivity contribution in [3.8, 4) is 5.75 Å². The van der Waals surface area contributed by atoms with Gasteiger partial charge in [-0.2, -0.15) is 0 Å². The number of benzene rings is 1. The second kappa shape index (κ2) is 4.41. The summed E-state index contributed by atoms with van der Waals surface area (Å²) in [4.78, 5) is 10.2. The van der Waals surface area contributed by atoms with Crippen LogP contribution in [0.2, 0.25) is 0 Å². The highest BCUT2D eigenvalue weighted by molar-refractivity contribution is 5.63. The Hall–Kier alpha value is -1.84. The summed E-state index contributed by atoms with van der Waals surface area (Å²) in [6.45, 7) is 5.75. The number of hydrogen-bond acceptors (Lipinski definition) is 3. The van der Waals surface area contributed by atoms with Gasteiger partial charge in [0.15, 0.2) is 0 Å². The van der Waals surface area contributed by atoms with E-state index < -0.39 is 4.92 Å². The first-order chi connectivity index (χ1) is 6.70. The summed E-state index contributed by atoms with van der Waals surface area (Å²) in [6, 6.07) is 4.75. The summed E-state index contributed by atoms with van der Waals surface area (Å²) in [5, 5.41) is 10.7. The number of ether oxygens (including phenoxy) is 1. The second-order valence-electron chi connectivity index (χ2n) is 2.59. The summed E-state index contributed by atoms with van der Waals surface area (Å²) in [7, 11) is 0. The van der Waals surface area contributed by atoms with Crippen molar-refractivity contribution in [3.05, 3.63) is 40.5 Å². The summed E-state index contributed by atoms with van der Waals surface area (Å²) in [6.07, 6.45) is 1.54. The van der Waals surface area contributed by atoms with E-state index in [0.717, 1.165) is 0 Å². The van der Waals surface area contributed by atoms with Gasteiger partial charge in [-0.3, -0.25) is 10.1 Å². The molecule has 0 amide bonds. The van der Waals surface area contributed by atoms with E-state index in [9.17, 15) is 10.1 Å². The van der Waals surface area contributed by atoms with Gasteiger partial charge in [0, 0.05) is 11.6 Å². The van der Waals surface area contributed by atoms with Gasteiger partial charge in [-0.05, 0) is 6.92 Å².